The van der Waals surface area contributed by atoms with Gasteiger partial charge in [0.1, 0.15) is 5.75 Å². The van der Waals surface area contributed by atoms with E-state index in [0.717, 1.165) is 38.0 Å². The van der Waals surface area contributed by atoms with Crippen LogP contribution in [0.5, 0.6) is 5.75 Å². The molecule has 0 bridgehead atoms. The van der Waals surface area contributed by atoms with Crippen LogP contribution in [0, 0.1) is 0 Å². The minimum absolute atomic E-state index is 0. The van der Waals surface area contributed by atoms with Gasteiger partial charge in [0.25, 0.3) is 5.91 Å². The van der Waals surface area contributed by atoms with E-state index in [4.69, 9.17) is 15.2 Å². The van der Waals surface area contributed by atoms with E-state index in [1.165, 1.54) is 0 Å². The topological polar surface area (TPSA) is 64.8 Å². The van der Waals surface area contributed by atoms with Gasteiger partial charge in [0.2, 0.25) is 0 Å². The van der Waals surface area contributed by atoms with Crippen molar-refractivity contribution in [2.24, 2.45) is 5.73 Å². The van der Waals surface area contributed by atoms with Gasteiger partial charge in [-0.15, -0.1) is 12.4 Å². The summed E-state index contributed by atoms with van der Waals surface area (Å²) in [4.78, 5) is 14.6. The lowest BCUT2D eigenvalue weighted by Crippen LogP contribution is -2.47. The molecular weight excluding hydrogens is 316 g/mol. The molecule has 1 amide bonds. The number of hydrogen-bond donors (Lipinski definition) is 1. The molecule has 1 aromatic carbocycles. The van der Waals surface area contributed by atoms with Crippen LogP contribution in [-0.2, 0) is 4.74 Å². The van der Waals surface area contributed by atoms with Crippen LogP contribution in [0.15, 0.2) is 24.3 Å². The van der Waals surface area contributed by atoms with E-state index < -0.39 is 0 Å². The fourth-order valence-corrected chi connectivity index (χ4v) is 2.79. The van der Waals surface area contributed by atoms with Gasteiger partial charge in [0.05, 0.1) is 6.61 Å². The summed E-state index contributed by atoms with van der Waals surface area (Å²) < 4.78 is 10.7. The molecule has 23 heavy (non-hydrogen) atoms. The van der Waals surface area contributed by atoms with Crippen molar-refractivity contribution in [3.05, 3.63) is 29.8 Å². The fraction of sp³-hybridized carbons (Fsp3) is 0.588. The third-order valence-electron chi connectivity index (χ3n) is 4.00. The van der Waals surface area contributed by atoms with Crippen LogP contribution >= 0.6 is 12.4 Å². The molecule has 1 heterocycles. The third kappa shape index (κ3) is 5.68. The maximum Gasteiger partial charge on any atom is 0.254 e. The predicted molar refractivity (Wildman–Crippen MR) is 93.4 cm³/mol. The Morgan fingerprint density at radius 1 is 1.35 bits per heavy atom. The highest BCUT2D eigenvalue weighted by Gasteiger charge is 2.26. The number of likely N-dealkylation sites (tertiary alicyclic amines) is 1. The maximum absolute atomic E-state index is 12.7. The molecule has 1 unspecified atom stereocenters. The van der Waals surface area contributed by atoms with Crippen molar-refractivity contribution < 1.29 is 14.3 Å². The molecule has 0 aliphatic carbocycles. The number of carbonyl (C=O) groups is 1. The summed E-state index contributed by atoms with van der Waals surface area (Å²) in [6.45, 7) is 2.57. The lowest BCUT2D eigenvalue weighted by molar-refractivity contribution is 0.0623. The number of ether oxygens (including phenoxy) is 2. The zero-order valence-corrected chi connectivity index (χ0v) is 14.5. The van der Waals surface area contributed by atoms with E-state index in [1.807, 2.05) is 29.2 Å². The normalized spacial score (nSPS) is 17.5. The molecule has 6 heteroatoms. The standard InChI is InChI=1S/C17H26N2O3.ClH/c1-21-10-5-11-22-16-8-4-6-14(12-16)17(20)19-9-3-2-7-15(19)13-18;/h4,6,8,12,15H,2-3,5,7,9-11,13,18H2,1H3;1H. The Bertz CT molecular complexity index is 485. The smallest absolute Gasteiger partial charge is 0.254 e. The number of nitrogens with two attached hydrogens (primary N) is 1. The van der Waals surface area contributed by atoms with Crippen LogP contribution in [0.2, 0.25) is 0 Å². The number of rotatable bonds is 7. The first kappa shape index (κ1) is 19.7. The van der Waals surface area contributed by atoms with Crippen LogP contribution in [0.1, 0.15) is 36.0 Å². The molecule has 0 spiro atoms. The molecule has 1 saturated heterocycles. The monoisotopic (exact) mass is 342 g/mol. The number of carbonyl (C=O) groups excluding carboxylic acids is 1. The number of benzene rings is 1. The first-order valence-corrected chi connectivity index (χ1v) is 7.99. The Morgan fingerprint density at radius 2 is 2.17 bits per heavy atom. The summed E-state index contributed by atoms with van der Waals surface area (Å²) in [6, 6.07) is 7.55. The quantitative estimate of drug-likeness (QED) is 0.773. The summed E-state index contributed by atoms with van der Waals surface area (Å²) in [5, 5.41) is 0. The van der Waals surface area contributed by atoms with E-state index in [0.29, 0.717) is 25.3 Å². The van der Waals surface area contributed by atoms with Crippen molar-refractivity contribution in [3.8, 4) is 5.75 Å². The summed E-state index contributed by atoms with van der Waals surface area (Å²) in [7, 11) is 1.67. The molecule has 0 saturated carbocycles. The van der Waals surface area contributed by atoms with Crippen LogP contribution in [-0.4, -0.2) is 50.3 Å². The second kappa shape index (κ2) is 10.5. The number of amides is 1. The Balaban J connectivity index is 0.00000264. The predicted octanol–water partition coefficient (Wildman–Crippen LogP) is 2.48. The van der Waals surface area contributed by atoms with E-state index in [2.05, 4.69) is 0 Å². The molecule has 1 aromatic rings. The van der Waals surface area contributed by atoms with Gasteiger partial charge in [-0.05, 0) is 37.5 Å². The van der Waals surface area contributed by atoms with E-state index in [9.17, 15) is 4.79 Å². The van der Waals surface area contributed by atoms with Crippen molar-refractivity contribution in [3.63, 3.8) is 0 Å². The van der Waals surface area contributed by atoms with E-state index in [-0.39, 0.29) is 24.4 Å². The molecule has 2 rings (SSSR count). The van der Waals surface area contributed by atoms with Crippen LogP contribution < -0.4 is 10.5 Å². The lowest BCUT2D eigenvalue weighted by atomic mass is 10.0. The number of hydrogen-bond acceptors (Lipinski definition) is 4. The molecule has 1 aliphatic rings. The van der Waals surface area contributed by atoms with E-state index >= 15 is 0 Å². The SMILES string of the molecule is COCCCOc1cccc(C(=O)N2CCCCC2CN)c1.Cl. The second-order valence-electron chi connectivity index (χ2n) is 5.61. The molecule has 5 nitrogen and oxygen atoms in total. The van der Waals surface area contributed by atoms with Crippen molar-refractivity contribution >= 4 is 18.3 Å². The minimum atomic E-state index is 0. The van der Waals surface area contributed by atoms with Crippen LogP contribution in [0.4, 0.5) is 0 Å². The average Bonchev–Trinajstić information content (AvgIpc) is 2.58. The van der Waals surface area contributed by atoms with Gasteiger partial charge in [0, 0.05) is 44.8 Å². The number of methoxy groups -OCH3 is 1. The van der Waals surface area contributed by atoms with Gasteiger partial charge in [0.15, 0.2) is 0 Å². The number of piperidine rings is 1. The Kier molecular flexibility index (Phi) is 8.99. The summed E-state index contributed by atoms with van der Waals surface area (Å²) >= 11 is 0. The van der Waals surface area contributed by atoms with Crippen LogP contribution in [0.25, 0.3) is 0 Å². The first-order chi connectivity index (χ1) is 10.8. The fourth-order valence-electron chi connectivity index (χ4n) is 2.79. The molecule has 1 aliphatic heterocycles. The zero-order chi connectivity index (χ0) is 15.8. The van der Waals surface area contributed by atoms with Crippen molar-refractivity contribution in [2.45, 2.75) is 31.7 Å². The largest absolute Gasteiger partial charge is 0.493 e. The van der Waals surface area contributed by atoms with Crippen molar-refractivity contribution in [2.75, 3.05) is 33.4 Å². The summed E-state index contributed by atoms with van der Waals surface area (Å²) in [5.41, 5.74) is 6.47. The number of halogens is 1. The molecule has 1 fully saturated rings. The van der Waals surface area contributed by atoms with Gasteiger partial charge in [-0.3, -0.25) is 4.79 Å². The van der Waals surface area contributed by atoms with Gasteiger partial charge in [-0.25, -0.2) is 0 Å². The van der Waals surface area contributed by atoms with Gasteiger partial charge in [-0.1, -0.05) is 6.07 Å². The Morgan fingerprint density at radius 3 is 2.91 bits per heavy atom. The van der Waals surface area contributed by atoms with E-state index in [1.54, 1.807) is 7.11 Å². The Labute approximate surface area is 144 Å². The second-order valence-corrected chi connectivity index (χ2v) is 5.61. The molecule has 2 N–H and O–H groups in total. The van der Waals surface area contributed by atoms with Gasteiger partial charge >= 0.3 is 0 Å². The Hall–Kier alpha value is -1.30. The number of nitrogens with zero attached hydrogens (tertiary/aromatic N) is 1. The van der Waals surface area contributed by atoms with Gasteiger partial charge < -0.3 is 20.1 Å². The average molecular weight is 343 g/mol. The summed E-state index contributed by atoms with van der Waals surface area (Å²) in [6.07, 6.45) is 4.02. The van der Waals surface area contributed by atoms with Crippen molar-refractivity contribution in [1.29, 1.82) is 0 Å². The van der Waals surface area contributed by atoms with Gasteiger partial charge in [-0.2, -0.15) is 0 Å². The highest BCUT2D eigenvalue weighted by molar-refractivity contribution is 5.94. The minimum Gasteiger partial charge on any atom is -0.493 e. The molecular formula is C17H27ClN2O3. The van der Waals surface area contributed by atoms with Crippen molar-refractivity contribution in [1.82, 2.24) is 4.90 Å². The maximum atomic E-state index is 12.7. The highest BCUT2D eigenvalue weighted by Crippen LogP contribution is 2.21. The highest BCUT2D eigenvalue weighted by atomic mass is 35.5. The van der Waals surface area contributed by atoms with Crippen LogP contribution in [0.3, 0.4) is 0 Å². The third-order valence-corrected chi connectivity index (χ3v) is 4.00. The molecule has 0 aromatic heterocycles. The molecule has 1 atom stereocenters. The lowest BCUT2D eigenvalue weighted by Gasteiger charge is -2.35. The first-order valence-electron chi connectivity index (χ1n) is 7.99. The summed E-state index contributed by atoms with van der Waals surface area (Å²) in [5.74, 6) is 0.778. The molecule has 0 radical (unpaired) electrons. The zero-order valence-electron chi connectivity index (χ0n) is 13.7. The molecule has 130 valence electrons.